The van der Waals surface area contributed by atoms with E-state index in [-0.39, 0.29) is 0 Å². The van der Waals surface area contributed by atoms with E-state index >= 15 is 0 Å². The van der Waals surface area contributed by atoms with Gasteiger partial charge in [0.25, 0.3) is 0 Å². The molecule has 3 heteroatoms. The van der Waals surface area contributed by atoms with Crippen molar-refractivity contribution in [1.29, 1.82) is 0 Å². The average molecular weight is 539 g/mol. The minimum absolute atomic E-state index is 0.629. The maximum atomic E-state index is 6.32. The molecule has 0 radical (unpaired) electrons. The molecule has 198 valence electrons. The van der Waals surface area contributed by atoms with Crippen LogP contribution in [-0.2, 0) is 0 Å². The highest BCUT2D eigenvalue weighted by atomic mass is 16.3. The summed E-state index contributed by atoms with van der Waals surface area (Å²) in [4.78, 5) is 7.42. The molecule has 0 spiro atoms. The molecular formula is C39H26N2O. The Morgan fingerprint density at radius 2 is 1.05 bits per heavy atom. The monoisotopic (exact) mass is 538 g/mol. The van der Waals surface area contributed by atoms with Gasteiger partial charge >= 0.3 is 0 Å². The number of para-hydroxylation sites is 2. The summed E-state index contributed by atoms with van der Waals surface area (Å²) >= 11 is 0. The maximum absolute atomic E-state index is 6.32. The molecule has 42 heavy (non-hydrogen) atoms. The number of benzene rings is 7. The van der Waals surface area contributed by atoms with Gasteiger partial charge in [0.05, 0.1) is 5.69 Å². The summed E-state index contributed by atoms with van der Waals surface area (Å²) in [7, 11) is 0. The van der Waals surface area contributed by atoms with Crippen molar-refractivity contribution in [2.75, 3.05) is 4.90 Å². The van der Waals surface area contributed by atoms with E-state index in [4.69, 9.17) is 9.40 Å². The number of oxazole rings is 1. The van der Waals surface area contributed by atoms with Crippen molar-refractivity contribution >= 4 is 49.7 Å². The lowest BCUT2D eigenvalue weighted by molar-refractivity contribution is 0.620. The van der Waals surface area contributed by atoms with Gasteiger partial charge in [0.15, 0.2) is 5.58 Å². The molecule has 8 aromatic rings. The largest absolute Gasteiger partial charge is 0.436 e. The fourth-order valence-electron chi connectivity index (χ4n) is 5.89. The first-order valence-electron chi connectivity index (χ1n) is 14.1. The van der Waals surface area contributed by atoms with Crippen LogP contribution in [0.15, 0.2) is 162 Å². The van der Waals surface area contributed by atoms with Crippen LogP contribution in [0.5, 0.6) is 0 Å². The van der Waals surface area contributed by atoms with Gasteiger partial charge < -0.3 is 9.32 Å². The molecule has 8 rings (SSSR count). The quantitative estimate of drug-likeness (QED) is 0.204. The van der Waals surface area contributed by atoms with Gasteiger partial charge in [-0.15, -0.1) is 0 Å². The van der Waals surface area contributed by atoms with E-state index in [2.05, 4.69) is 126 Å². The molecule has 0 fully saturated rings. The topological polar surface area (TPSA) is 29.3 Å². The highest BCUT2D eigenvalue weighted by molar-refractivity contribution is 6.21. The molecule has 0 amide bonds. The highest BCUT2D eigenvalue weighted by Gasteiger charge is 2.20. The predicted octanol–water partition coefficient (Wildman–Crippen LogP) is 10.9. The van der Waals surface area contributed by atoms with E-state index in [1.54, 1.807) is 0 Å². The standard InChI is InChI=1S/C39H26N2O/c1-5-13-27(14-6-1)30-25-34-33(35(26-30)41(31-17-9-3-10-18-31)32-19-11-4-12-20-32)23-21-28-22-24-36-38(37(28)34)40-39(42-36)29-15-7-2-8-16-29/h1-26H. The molecule has 7 aromatic carbocycles. The lowest BCUT2D eigenvalue weighted by Gasteiger charge is -2.28. The minimum Gasteiger partial charge on any atom is -0.436 e. The molecule has 3 nitrogen and oxygen atoms in total. The van der Waals surface area contributed by atoms with Crippen LogP contribution in [0.3, 0.4) is 0 Å². The Labute approximate surface area is 243 Å². The predicted molar refractivity (Wildman–Crippen MR) is 175 cm³/mol. The lowest BCUT2D eigenvalue weighted by Crippen LogP contribution is -2.10. The van der Waals surface area contributed by atoms with E-state index in [1.807, 2.05) is 36.4 Å². The first-order valence-corrected chi connectivity index (χ1v) is 14.1. The number of aromatic nitrogens is 1. The molecule has 0 aliphatic rings. The number of hydrogen-bond acceptors (Lipinski definition) is 3. The Kier molecular flexibility index (Phi) is 5.79. The molecule has 1 heterocycles. The number of fused-ring (bicyclic) bond motifs is 5. The van der Waals surface area contributed by atoms with Crippen molar-refractivity contribution in [3.05, 3.63) is 158 Å². The highest BCUT2D eigenvalue weighted by Crippen LogP contribution is 2.44. The summed E-state index contributed by atoms with van der Waals surface area (Å²) < 4.78 is 6.32. The van der Waals surface area contributed by atoms with Crippen molar-refractivity contribution in [2.45, 2.75) is 0 Å². The average Bonchev–Trinajstić information content (AvgIpc) is 3.51. The number of nitrogens with zero attached hydrogens (tertiary/aromatic N) is 2. The van der Waals surface area contributed by atoms with Gasteiger partial charge in [0.1, 0.15) is 5.52 Å². The molecule has 0 unspecified atom stereocenters. The third-order valence-electron chi connectivity index (χ3n) is 7.85. The zero-order chi connectivity index (χ0) is 27.9. The maximum Gasteiger partial charge on any atom is 0.227 e. The summed E-state index contributed by atoms with van der Waals surface area (Å²) in [5, 5.41) is 4.51. The van der Waals surface area contributed by atoms with Crippen molar-refractivity contribution in [1.82, 2.24) is 4.98 Å². The van der Waals surface area contributed by atoms with Crippen LogP contribution in [0.25, 0.3) is 55.2 Å². The van der Waals surface area contributed by atoms with Gasteiger partial charge in [-0.3, -0.25) is 0 Å². The molecule has 0 bridgehead atoms. The second kappa shape index (κ2) is 10.1. The van der Waals surface area contributed by atoms with E-state index in [0.29, 0.717) is 5.89 Å². The number of hydrogen-bond donors (Lipinski definition) is 0. The third-order valence-corrected chi connectivity index (χ3v) is 7.85. The van der Waals surface area contributed by atoms with Crippen LogP contribution >= 0.6 is 0 Å². The molecule has 0 aliphatic carbocycles. The smallest absolute Gasteiger partial charge is 0.227 e. The van der Waals surface area contributed by atoms with Crippen LogP contribution in [0.1, 0.15) is 0 Å². The van der Waals surface area contributed by atoms with E-state index in [0.717, 1.165) is 66.4 Å². The number of anilines is 3. The summed E-state index contributed by atoms with van der Waals surface area (Å²) in [5.74, 6) is 0.629. The first-order chi connectivity index (χ1) is 20.8. The SMILES string of the molecule is c1ccc(-c2cc(N(c3ccccc3)c3ccccc3)c3ccc4ccc5oc(-c6ccccc6)nc5c4c3c2)cc1. The molecular weight excluding hydrogens is 512 g/mol. The summed E-state index contributed by atoms with van der Waals surface area (Å²) in [6.45, 7) is 0. The molecule has 1 aromatic heterocycles. The van der Waals surface area contributed by atoms with Gasteiger partial charge in [0.2, 0.25) is 5.89 Å². The van der Waals surface area contributed by atoms with Crippen LogP contribution in [0.2, 0.25) is 0 Å². The fourth-order valence-corrected chi connectivity index (χ4v) is 5.89. The Morgan fingerprint density at radius 1 is 0.476 bits per heavy atom. The van der Waals surface area contributed by atoms with Gasteiger partial charge in [0, 0.05) is 27.7 Å². The zero-order valence-corrected chi connectivity index (χ0v) is 22.8. The molecule has 0 saturated carbocycles. The summed E-state index contributed by atoms with van der Waals surface area (Å²) in [6, 6.07) is 55.1. The van der Waals surface area contributed by atoms with Crippen molar-refractivity contribution in [3.63, 3.8) is 0 Å². The van der Waals surface area contributed by atoms with Crippen molar-refractivity contribution in [3.8, 4) is 22.6 Å². The Hall–Kier alpha value is -5.67. The van der Waals surface area contributed by atoms with Gasteiger partial charge in [-0.1, -0.05) is 103 Å². The second-order valence-electron chi connectivity index (χ2n) is 10.4. The molecule has 0 atom stereocenters. The molecule has 0 aliphatic heterocycles. The van der Waals surface area contributed by atoms with Crippen LogP contribution in [0.4, 0.5) is 17.1 Å². The molecule has 0 N–H and O–H groups in total. The van der Waals surface area contributed by atoms with Gasteiger partial charge in [-0.05, 0) is 76.5 Å². The van der Waals surface area contributed by atoms with Gasteiger partial charge in [-0.25, -0.2) is 4.98 Å². The van der Waals surface area contributed by atoms with E-state index in [1.165, 1.54) is 0 Å². The summed E-state index contributed by atoms with van der Waals surface area (Å²) in [5.41, 5.74) is 8.23. The summed E-state index contributed by atoms with van der Waals surface area (Å²) in [6.07, 6.45) is 0. The second-order valence-corrected chi connectivity index (χ2v) is 10.4. The fraction of sp³-hybridized carbons (Fsp3) is 0. The van der Waals surface area contributed by atoms with E-state index in [9.17, 15) is 0 Å². The van der Waals surface area contributed by atoms with Crippen LogP contribution < -0.4 is 4.90 Å². The zero-order valence-electron chi connectivity index (χ0n) is 22.8. The van der Waals surface area contributed by atoms with Crippen molar-refractivity contribution < 1.29 is 4.42 Å². The van der Waals surface area contributed by atoms with Gasteiger partial charge in [-0.2, -0.15) is 0 Å². The Bertz CT molecular complexity index is 2130. The van der Waals surface area contributed by atoms with Crippen LogP contribution in [0, 0.1) is 0 Å². The van der Waals surface area contributed by atoms with E-state index < -0.39 is 0 Å². The third kappa shape index (κ3) is 4.11. The normalized spacial score (nSPS) is 11.3. The first kappa shape index (κ1) is 24.2. The number of rotatable bonds is 5. The molecule has 0 saturated heterocycles. The van der Waals surface area contributed by atoms with Crippen LogP contribution in [-0.4, -0.2) is 4.98 Å². The Morgan fingerprint density at radius 3 is 1.69 bits per heavy atom. The Balaban J connectivity index is 1.49. The lowest BCUT2D eigenvalue weighted by atomic mass is 9.94. The van der Waals surface area contributed by atoms with Crippen molar-refractivity contribution in [2.24, 2.45) is 0 Å². The minimum atomic E-state index is 0.629.